The standard InChI is InChI=1S/C21H24N2O5/c1-3-26-17-8-4-5-9-18(17)27-13-14-28-21-16(7-6-10-19(21)25-2)15-23-20(24)11-12-22/h4-10H,3,11,13-15H2,1-2H3,(H,23,24). The molecule has 2 rings (SSSR count). The molecule has 0 spiro atoms. The summed E-state index contributed by atoms with van der Waals surface area (Å²) in [5.41, 5.74) is 0.750. The van der Waals surface area contributed by atoms with Crippen LogP contribution in [0.4, 0.5) is 0 Å². The lowest BCUT2D eigenvalue weighted by atomic mass is 10.2. The third kappa shape index (κ3) is 6.09. The molecule has 28 heavy (non-hydrogen) atoms. The summed E-state index contributed by atoms with van der Waals surface area (Å²) in [6.07, 6.45) is -0.187. The van der Waals surface area contributed by atoms with Gasteiger partial charge in [-0.2, -0.15) is 5.26 Å². The fourth-order valence-electron chi connectivity index (χ4n) is 2.49. The average Bonchev–Trinajstić information content (AvgIpc) is 2.71. The number of hydrogen-bond acceptors (Lipinski definition) is 6. The molecule has 0 fully saturated rings. The molecule has 2 aromatic carbocycles. The smallest absolute Gasteiger partial charge is 0.234 e. The first-order valence-corrected chi connectivity index (χ1v) is 8.96. The molecule has 0 saturated heterocycles. The highest BCUT2D eigenvalue weighted by molar-refractivity contribution is 5.78. The SMILES string of the molecule is CCOc1ccccc1OCCOc1c(CNC(=O)CC#N)cccc1OC. The van der Waals surface area contributed by atoms with E-state index in [1.165, 1.54) is 0 Å². The Morgan fingerprint density at radius 1 is 1.00 bits per heavy atom. The summed E-state index contributed by atoms with van der Waals surface area (Å²) < 4.78 is 22.5. The molecule has 2 aromatic rings. The minimum Gasteiger partial charge on any atom is -0.493 e. The minimum atomic E-state index is -0.341. The van der Waals surface area contributed by atoms with E-state index in [9.17, 15) is 4.79 Å². The molecule has 1 amide bonds. The molecule has 0 saturated carbocycles. The fourth-order valence-corrected chi connectivity index (χ4v) is 2.49. The van der Waals surface area contributed by atoms with Gasteiger partial charge in [0.25, 0.3) is 0 Å². The van der Waals surface area contributed by atoms with Crippen molar-refractivity contribution < 1.29 is 23.7 Å². The van der Waals surface area contributed by atoms with E-state index in [-0.39, 0.29) is 25.5 Å². The zero-order valence-corrected chi connectivity index (χ0v) is 16.1. The lowest BCUT2D eigenvalue weighted by Gasteiger charge is -2.16. The second-order valence-corrected chi connectivity index (χ2v) is 5.64. The van der Waals surface area contributed by atoms with Crippen molar-refractivity contribution in [2.75, 3.05) is 26.9 Å². The first kappa shape index (κ1) is 20.9. The number of para-hydroxylation sites is 3. The largest absolute Gasteiger partial charge is 0.493 e. The quantitative estimate of drug-likeness (QED) is 0.599. The van der Waals surface area contributed by atoms with Crippen molar-refractivity contribution in [3.63, 3.8) is 0 Å². The first-order chi connectivity index (χ1) is 13.7. The van der Waals surface area contributed by atoms with Gasteiger partial charge in [0.05, 0.1) is 19.8 Å². The van der Waals surface area contributed by atoms with E-state index < -0.39 is 0 Å². The van der Waals surface area contributed by atoms with Crippen LogP contribution in [-0.2, 0) is 11.3 Å². The number of rotatable bonds is 11. The Labute approximate surface area is 164 Å². The van der Waals surface area contributed by atoms with Crippen molar-refractivity contribution in [2.45, 2.75) is 19.9 Å². The predicted molar refractivity (Wildman–Crippen MR) is 104 cm³/mol. The Bertz CT molecular complexity index is 817. The van der Waals surface area contributed by atoms with Gasteiger partial charge in [-0.15, -0.1) is 0 Å². The van der Waals surface area contributed by atoms with Gasteiger partial charge in [-0.25, -0.2) is 0 Å². The van der Waals surface area contributed by atoms with Gasteiger partial charge in [-0.05, 0) is 25.1 Å². The number of amides is 1. The predicted octanol–water partition coefficient (Wildman–Crippen LogP) is 3.08. The van der Waals surface area contributed by atoms with Crippen molar-refractivity contribution in [1.82, 2.24) is 5.32 Å². The maximum Gasteiger partial charge on any atom is 0.234 e. The molecule has 0 aromatic heterocycles. The number of benzene rings is 2. The average molecular weight is 384 g/mol. The molecule has 0 aliphatic carbocycles. The summed E-state index contributed by atoms with van der Waals surface area (Å²) in [6.45, 7) is 3.29. The second-order valence-electron chi connectivity index (χ2n) is 5.64. The molecule has 0 bridgehead atoms. The van der Waals surface area contributed by atoms with Crippen LogP contribution in [0.2, 0.25) is 0 Å². The summed E-state index contributed by atoms with van der Waals surface area (Å²) in [5.74, 6) is 2.08. The topological polar surface area (TPSA) is 89.8 Å². The first-order valence-electron chi connectivity index (χ1n) is 8.96. The van der Waals surface area contributed by atoms with E-state index in [2.05, 4.69) is 5.32 Å². The van der Waals surface area contributed by atoms with Crippen molar-refractivity contribution in [3.05, 3.63) is 48.0 Å². The van der Waals surface area contributed by atoms with E-state index in [4.69, 9.17) is 24.2 Å². The molecule has 0 radical (unpaired) electrons. The van der Waals surface area contributed by atoms with Crippen molar-refractivity contribution >= 4 is 5.91 Å². The Balaban J connectivity index is 1.97. The summed E-state index contributed by atoms with van der Waals surface area (Å²) in [4.78, 5) is 11.5. The van der Waals surface area contributed by atoms with Crippen molar-refractivity contribution in [1.29, 1.82) is 5.26 Å². The monoisotopic (exact) mass is 384 g/mol. The molecule has 0 aliphatic rings. The van der Waals surface area contributed by atoms with Crippen molar-refractivity contribution in [2.24, 2.45) is 0 Å². The molecule has 148 valence electrons. The van der Waals surface area contributed by atoms with E-state index >= 15 is 0 Å². The summed E-state index contributed by atoms with van der Waals surface area (Å²) in [5, 5.41) is 11.3. The summed E-state index contributed by atoms with van der Waals surface area (Å²) in [7, 11) is 1.55. The van der Waals surface area contributed by atoms with Crippen LogP contribution in [0.3, 0.4) is 0 Å². The number of hydrogen-bond donors (Lipinski definition) is 1. The molecule has 1 N–H and O–H groups in total. The van der Waals surface area contributed by atoms with Gasteiger partial charge in [-0.1, -0.05) is 24.3 Å². The fraction of sp³-hybridized carbons (Fsp3) is 0.333. The number of methoxy groups -OCH3 is 1. The van der Waals surface area contributed by atoms with Gasteiger partial charge in [-0.3, -0.25) is 4.79 Å². The number of nitriles is 1. The van der Waals surface area contributed by atoms with Crippen molar-refractivity contribution in [3.8, 4) is 29.1 Å². The van der Waals surface area contributed by atoms with Gasteiger partial charge in [0.1, 0.15) is 19.6 Å². The number of carbonyl (C=O) groups excluding carboxylic acids is 1. The third-order valence-corrected chi connectivity index (χ3v) is 3.73. The summed E-state index contributed by atoms with van der Waals surface area (Å²) in [6, 6.07) is 14.7. The van der Waals surface area contributed by atoms with E-state index in [1.54, 1.807) is 13.2 Å². The molecule has 0 atom stereocenters. The van der Waals surface area contributed by atoms with Gasteiger partial charge in [0, 0.05) is 12.1 Å². The van der Waals surface area contributed by atoms with Crippen LogP contribution in [0.5, 0.6) is 23.0 Å². The highest BCUT2D eigenvalue weighted by Gasteiger charge is 2.12. The van der Waals surface area contributed by atoms with E-state index in [0.717, 1.165) is 5.56 Å². The Kier molecular flexibility index (Phi) is 8.47. The van der Waals surface area contributed by atoms with Crippen LogP contribution in [0.15, 0.2) is 42.5 Å². The van der Waals surface area contributed by atoms with E-state index in [1.807, 2.05) is 49.4 Å². The molecule has 0 unspecified atom stereocenters. The molecule has 0 aliphatic heterocycles. The molecule has 0 heterocycles. The lowest BCUT2D eigenvalue weighted by Crippen LogP contribution is -2.22. The van der Waals surface area contributed by atoms with Crippen LogP contribution >= 0.6 is 0 Å². The van der Waals surface area contributed by atoms with Gasteiger partial charge in [0.2, 0.25) is 5.91 Å². The minimum absolute atomic E-state index is 0.187. The number of nitrogens with zero attached hydrogens (tertiary/aromatic N) is 1. The lowest BCUT2D eigenvalue weighted by molar-refractivity contribution is -0.120. The van der Waals surface area contributed by atoms with Crippen LogP contribution in [-0.4, -0.2) is 32.8 Å². The molecular formula is C21H24N2O5. The van der Waals surface area contributed by atoms with Crippen LogP contribution in [0, 0.1) is 11.3 Å². The van der Waals surface area contributed by atoms with E-state index in [0.29, 0.717) is 36.2 Å². The van der Waals surface area contributed by atoms with Crippen LogP contribution < -0.4 is 24.3 Å². The third-order valence-electron chi connectivity index (χ3n) is 3.73. The normalized spacial score (nSPS) is 9.89. The number of carbonyl (C=O) groups is 1. The molecular weight excluding hydrogens is 360 g/mol. The van der Waals surface area contributed by atoms with Gasteiger partial charge >= 0.3 is 0 Å². The van der Waals surface area contributed by atoms with Crippen LogP contribution in [0.1, 0.15) is 18.9 Å². The number of nitrogens with one attached hydrogen (secondary N) is 1. The molecule has 7 heteroatoms. The summed E-state index contributed by atoms with van der Waals surface area (Å²) >= 11 is 0. The second kappa shape index (κ2) is 11.3. The highest BCUT2D eigenvalue weighted by Crippen LogP contribution is 2.31. The van der Waals surface area contributed by atoms with Gasteiger partial charge in [0.15, 0.2) is 23.0 Å². The highest BCUT2D eigenvalue weighted by atomic mass is 16.5. The zero-order chi connectivity index (χ0) is 20.2. The maximum absolute atomic E-state index is 11.5. The Hall–Kier alpha value is -3.40. The van der Waals surface area contributed by atoms with Crippen LogP contribution in [0.25, 0.3) is 0 Å². The Morgan fingerprint density at radius 2 is 1.68 bits per heavy atom. The Morgan fingerprint density at radius 3 is 2.36 bits per heavy atom. The maximum atomic E-state index is 11.5. The number of ether oxygens (including phenoxy) is 4. The van der Waals surface area contributed by atoms with Gasteiger partial charge < -0.3 is 24.3 Å². The molecule has 7 nitrogen and oxygen atoms in total. The zero-order valence-electron chi connectivity index (χ0n) is 16.1.